The van der Waals surface area contributed by atoms with Gasteiger partial charge in [-0.3, -0.25) is 4.98 Å². The second kappa shape index (κ2) is 5.71. The van der Waals surface area contributed by atoms with Gasteiger partial charge in [0.1, 0.15) is 5.82 Å². The van der Waals surface area contributed by atoms with Crippen LogP contribution in [0.2, 0.25) is 0 Å². The fourth-order valence-electron chi connectivity index (χ4n) is 2.13. The summed E-state index contributed by atoms with van der Waals surface area (Å²) in [5, 5.41) is 10.1. The van der Waals surface area contributed by atoms with Crippen molar-refractivity contribution in [3.05, 3.63) is 65.2 Å². The number of aliphatic hydroxyl groups excluding tert-OH is 1. The van der Waals surface area contributed by atoms with E-state index >= 15 is 0 Å². The van der Waals surface area contributed by atoms with Crippen LogP contribution in [0.5, 0.6) is 0 Å². The quantitative estimate of drug-likeness (QED) is 0.922. The molecule has 0 spiro atoms. The molecule has 2 aromatic rings. The maximum absolute atomic E-state index is 13.5. The number of aromatic nitrogens is 1. The molecule has 0 aliphatic heterocycles. The van der Waals surface area contributed by atoms with Gasteiger partial charge in [-0.2, -0.15) is 0 Å². The molecule has 1 aromatic carbocycles. The Kier molecular flexibility index (Phi) is 4.19. The number of nitrogens with zero attached hydrogens (tertiary/aromatic N) is 1. The largest absolute Gasteiger partial charge is 0.388 e. The highest BCUT2D eigenvalue weighted by atomic mass is 19.1. The van der Waals surface area contributed by atoms with Gasteiger partial charge in [-0.1, -0.05) is 45.0 Å². The van der Waals surface area contributed by atoms with Crippen LogP contribution in [0.25, 0.3) is 0 Å². The molecule has 0 radical (unpaired) electrons. The number of pyridine rings is 1. The summed E-state index contributed by atoms with van der Waals surface area (Å²) in [6, 6.07) is 9.62. The van der Waals surface area contributed by atoms with Gasteiger partial charge in [-0.25, -0.2) is 4.39 Å². The Morgan fingerprint density at radius 1 is 1.15 bits per heavy atom. The van der Waals surface area contributed by atoms with Crippen molar-refractivity contribution in [2.45, 2.75) is 38.7 Å². The lowest BCUT2D eigenvalue weighted by molar-refractivity contribution is 0.173. The van der Waals surface area contributed by atoms with Crippen molar-refractivity contribution in [1.82, 2.24) is 4.98 Å². The minimum absolute atomic E-state index is 0.106. The van der Waals surface area contributed by atoms with E-state index in [0.717, 1.165) is 11.8 Å². The molecule has 0 aliphatic rings. The van der Waals surface area contributed by atoms with E-state index in [4.69, 9.17) is 0 Å². The number of hydrogen-bond acceptors (Lipinski definition) is 2. The third kappa shape index (κ3) is 3.42. The molecule has 1 N–H and O–H groups in total. The Morgan fingerprint density at radius 3 is 2.35 bits per heavy atom. The maximum Gasteiger partial charge on any atom is 0.147 e. The number of benzene rings is 1. The molecule has 1 unspecified atom stereocenters. The third-order valence-electron chi connectivity index (χ3n) is 3.41. The zero-order valence-electron chi connectivity index (χ0n) is 12.1. The highest BCUT2D eigenvalue weighted by Crippen LogP contribution is 2.24. The number of aliphatic hydroxyl groups is 1. The highest BCUT2D eigenvalue weighted by Gasteiger charge is 2.15. The smallest absolute Gasteiger partial charge is 0.147 e. The van der Waals surface area contributed by atoms with E-state index in [9.17, 15) is 9.50 Å². The second-order valence-corrected chi connectivity index (χ2v) is 6.06. The maximum atomic E-state index is 13.5. The van der Waals surface area contributed by atoms with Crippen LogP contribution in [-0.4, -0.2) is 10.1 Å². The highest BCUT2D eigenvalue weighted by molar-refractivity contribution is 5.29. The zero-order valence-corrected chi connectivity index (χ0v) is 12.1. The van der Waals surface area contributed by atoms with Crippen LogP contribution in [0.4, 0.5) is 4.39 Å². The molecule has 2 rings (SSSR count). The van der Waals surface area contributed by atoms with Crippen molar-refractivity contribution in [3.63, 3.8) is 0 Å². The van der Waals surface area contributed by atoms with Gasteiger partial charge in [0, 0.05) is 18.2 Å². The van der Waals surface area contributed by atoms with Crippen molar-refractivity contribution in [2.24, 2.45) is 0 Å². The number of rotatable bonds is 3. The third-order valence-corrected chi connectivity index (χ3v) is 3.41. The first-order valence-electron chi connectivity index (χ1n) is 6.75. The Morgan fingerprint density at radius 2 is 1.80 bits per heavy atom. The van der Waals surface area contributed by atoms with Gasteiger partial charge in [0.25, 0.3) is 0 Å². The van der Waals surface area contributed by atoms with Crippen molar-refractivity contribution >= 4 is 0 Å². The van der Waals surface area contributed by atoms with Gasteiger partial charge in [0.2, 0.25) is 0 Å². The van der Waals surface area contributed by atoms with Crippen molar-refractivity contribution < 1.29 is 9.50 Å². The summed E-state index contributed by atoms with van der Waals surface area (Å²) in [5.41, 5.74) is 2.63. The summed E-state index contributed by atoms with van der Waals surface area (Å²) in [7, 11) is 0. The lowest BCUT2D eigenvalue weighted by atomic mass is 9.86. The molecule has 0 fully saturated rings. The standard InChI is InChI=1S/C17H20FNO/c1-17(2,3)13-6-4-12(5-7-13)10-16(20)14-8-9-19-11-15(14)18/h4-9,11,16,20H,10H2,1-3H3. The van der Waals surface area contributed by atoms with Crippen LogP contribution in [-0.2, 0) is 11.8 Å². The topological polar surface area (TPSA) is 33.1 Å². The molecule has 3 heteroatoms. The van der Waals surface area contributed by atoms with Crippen molar-refractivity contribution in [3.8, 4) is 0 Å². The van der Waals surface area contributed by atoms with E-state index in [1.807, 2.05) is 12.1 Å². The Labute approximate surface area is 119 Å². The van der Waals surface area contributed by atoms with Crippen LogP contribution < -0.4 is 0 Å². The van der Waals surface area contributed by atoms with Gasteiger partial charge in [0.15, 0.2) is 0 Å². The monoisotopic (exact) mass is 273 g/mol. The minimum Gasteiger partial charge on any atom is -0.388 e. The van der Waals surface area contributed by atoms with Gasteiger partial charge >= 0.3 is 0 Å². The summed E-state index contributed by atoms with van der Waals surface area (Å²) >= 11 is 0. The summed E-state index contributed by atoms with van der Waals surface area (Å²) in [5.74, 6) is -0.466. The fraction of sp³-hybridized carbons (Fsp3) is 0.353. The van der Waals surface area contributed by atoms with Gasteiger partial charge < -0.3 is 5.11 Å². The van der Waals surface area contributed by atoms with E-state index in [0.29, 0.717) is 12.0 Å². The normalized spacial score (nSPS) is 13.2. The lowest BCUT2D eigenvalue weighted by Gasteiger charge is -2.19. The van der Waals surface area contributed by atoms with Gasteiger partial charge in [-0.15, -0.1) is 0 Å². The predicted molar refractivity (Wildman–Crippen MR) is 78.0 cm³/mol. The Bertz CT molecular complexity index is 572. The van der Waals surface area contributed by atoms with Crippen LogP contribution in [0.15, 0.2) is 42.7 Å². The van der Waals surface area contributed by atoms with Crippen LogP contribution >= 0.6 is 0 Å². The molecule has 2 nitrogen and oxygen atoms in total. The number of halogens is 1. The first-order valence-corrected chi connectivity index (χ1v) is 6.75. The summed E-state index contributed by atoms with van der Waals surface area (Å²) in [6.07, 6.45) is 2.16. The van der Waals surface area contributed by atoms with Crippen molar-refractivity contribution in [2.75, 3.05) is 0 Å². The van der Waals surface area contributed by atoms with Crippen molar-refractivity contribution in [1.29, 1.82) is 0 Å². The first kappa shape index (κ1) is 14.7. The molecule has 20 heavy (non-hydrogen) atoms. The zero-order chi connectivity index (χ0) is 14.8. The van der Waals surface area contributed by atoms with Gasteiger partial charge in [-0.05, 0) is 22.6 Å². The van der Waals surface area contributed by atoms with Crippen LogP contribution in [0.3, 0.4) is 0 Å². The van der Waals surface area contributed by atoms with Crippen LogP contribution in [0, 0.1) is 5.82 Å². The minimum atomic E-state index is -0.849. The summed E-state index contributed by atoms with van der Waals surface area (Å²) in [4.78, 5) is 3.69. The van der Waals surface area contributed by atoms with Gasteiger partial charge in [0.05, 0.1) is 12.3 Å². The lowest BCUT2D eigenvalue weighted by Crippen LogP contribution is -2.11. The van der Waals surface area contributed by atoms with E-state index in [-0.39, 0.29) is 5.41 Å². The Hall–Kier alpha value is -1.74. The SMILES string of the molecule is CC(C)(C)c1ccc(CC(O)c2ccncc2F)cc1. The molecule has 1 atom stereocenters. The molecule has 0 saturated carbocycles. The molecular weight excluding hydrogens is 253 g/mol. The molecule has 0 saturated heterocycles. The molecule has 106 valence electrons. The molecular formula is C17H20FNO. The van der Waals surface area contributed by atoms with E-state index in [1.165, 1.54) is 17.8 Å². The second-order valence-electron chi connectivity index (χ2n) is 6.06. The average molecular weight is 273 g/mol. The molecule has 1 aromatic heterocycles. The number of hydrogen-bond donors (Lipinski definition) is 1. The van der Waals surface area contributed by atoms with E-state index in [2.05, 4.69) is 37.9 Å². The fourth-order valence-corrected chi connectivity index (χ4v) is 2.13. The molecule has 0 aliphatic carbocycles. The first-order chi connectivity index (χ1) is 9.38. The predicted octanol–water partition coefficient (Wildman–Crippen LogP) is 3.79. The molecule has 0 bridgehead atoms. The summed E-state index contributed by atoms with van der Waals surface area (Å²) in [6.45, 7) is 6.47. The van der Waals surface area contributed by atoms with E-state index in [1.54, 1.807) is 0 Å². The summed E-state index contributed by atoms with van der Waals surface area (Å²) < 4.78 is 13.5. The van der Waals surface area contributed by atoms with E-state index < -0.39 is 11.9 Å². The molecule has 1 heterocycles. The molecule has 0 amide bonds. The average Bonchev–Trinajstić information content (AvgIpc) is 2.38. The van der Waals surface area contributed by atoms with Crippen LogP contribution in [0.1, 0.15) is 43.6 Å². The Balaban J connectivity index is 2.13.